The zero-order valence-corrected chi connectivity index (χ0v) is 12.0. The minimum atomic E-state index is 0.0785. The van der Waals surface area contributed by atoms with E-state index < -0.39 is 0 Å². The van der Waals surface area contributed by atoms with Crippen LogP contribution in [0.4, 0.5) is 0 Å². The van der Waals surface area contributed by atoms with Crippen molar-refractivity contribution in [2.75, 3.05) is 39.8 Å². The maximum atomic E-state index is 11.4. The van der Waals surface area contributed by atoms with Gasteiger partial charge in [-0.05, 0) is 13.3 Å². The Bertz CT molecular complexity index is 251. The molecule has 0 aromatic rings. The third-order valence-electron chi connectivity index (χ3n) is 4.05. The van der Waals surface area contributed by atoms with Crippen molar-refractivity contribution in [2.24, 2.45) is 5.73 Å². The Kier molecular flexibility index (Phi) is 6.60. The molecule has 2 unspecified atom stereocenters. The van der Waals surface area contributed by atoms with Crippen LogP contribution in [0.5, 0.6) is 0 Å². The molecule has 1 rings (SSSR count). The molecule has 0 bridgehead atoms. The van der Waals surface area contributed by atoms with Crippen molar-refractivity contribution < 1.29 is 4.79 Å². The van der Waals surface area contributed by atoms with Crippen LogP contribution >= 0.6 is 0 Å². The van der Waals surface area contributed by atoms with Gasteiger partial charge in [0.05, 0.1) is 0 Å². The van der Waals surface area contributed by atoms with Crippen molar-refractivity contribution in [1.29, 1.82) is 0 Å². The van der Waals surface area contributed by atoms with E-state index in [1.54, 1.807) is 7.05 Å². The number of carbonyl (C=O) groups is 1. The highest BCUT2D eigenvalue weighted by molar-refractivity contribution is 5.76. The van der Waals surface area contributed by atoms with Gasteiger partial charge in [-0.15, -0.1) is 0 Å². The molecule has 1 fully saturated rings. The maximum Gasteiger partial charge on any atom is 0.221 e. The lowest BCUT2D eigenvalue weighted by Crippen LogP contribution is -2.54. The van der Waals surface area contributed by atoms with Crippen molar-refractivity contribution in [3.8, 4) is 0 Å². The van der Waals surface area contributed by atoms with E-state index in [-0.39, 0.29) is 11.9 Å². The summed E-state index contributed by atoms with van der Waals surface area (Å²) in [6.07, 6.45) is 1.70. The van der Waals surface area contributed by atoms with E-state index in [4.69, 9.17) is 5.73 Å². The van der Waals surface area contributed by atoms with E-state index in [1.165, 1.54) is 6.42 Å². The Morgan fingerprint density at radius 3 is 2.28 bits per heavy atom. The van der Waals surface area contributed by atoms with Crippen LogP contribution in [0.2, 0.25) is 0 Å². The Morgan fingerprint density at radius 1 is 1.28 bits per heavy atom. The SMILES string of the molecule is CCC(C)N1CCN(C(CN)CC(=O)NC)CC1. The zero-order valence-electron chi connectivity index (χ0n) is 12.0. The van der Waals surface area contributed by atoms with E-state index in [2.05, 4.69) is 29.0 Å². The number of nitrogens with one attached hydrogen (secondary N) is 1. The lowest BCUT2D eigenvalue weighted by Gasteiger charge is -2.41. The second-order valence-corrected chi connectivity index (χ2v) is 5.10. The fraction of sp³-hybridized carbons (Fsp3) is 0.923. The molecule has 1 saturated heterocycles. The number of piperazine rings is 1. The third kappa shape index (κ3) is 4.23. The van der Waals surface area contributed by atoms with E-state index in [0.29, 0.717) is 19.0 Å². The van der Waals surface area contributed by atoms with E-state index >= 15 is 0 Å². The molecule has 0 saturated carbocycles. The monoisotopic (exact) mass is 256 g/mol. The normalized spacial score (nSPS) is 21.6. The number of rotatable bonds is 6. The molecule has 3 N–H and O–H groups in total. The van der Waals surface area contributed by atoms with E-state index in [1.807, 2.05) is 0 Å². The van der Waals surface area contributed by atoms with Crippen LogP contribution in [0, 0.1) is 0 Å². The van der Waals surface area contributed by atoms with Crippen molar-refractivity contribution in [2.45, 2.75) is 38.8 Å². The number of nitrogens with zero attached hydrogens (tertiary/aromatic N) is 2. The second-order valence-electron chi connectivity index (χ2n) is 5.10. The quantitative estimate of drug-likeness (QED) is 0.695. The zero-order chi connectivity index (χ0) is 13.5. The summed E-state index contributed by atoms with van der Waals surface area (Å²) in [7, 11) is 1.68. The molecule has 1 aliphatic rings. The van der Waals surface area contributed by atoms with Gasteiger partial charge in [-0.3, -0.25) is 14.6 Å². The standard InChI is InChI=1S/C13H28N4O/c1-4-11(2)16-5-7-17(8-6-16)12(10-14)9-13(18)15-3/h11-12H,4-10,14H2,1-3H3,(H,15,18). The van der Waals surface area contributed by atoms with Crippen molar-refractivity contribution in [3.05, 3.63) is 0 Å². The van der Waals surface area contributed by atoms with Crippen LogP contribution in [0.25, 0.3) is 0 Å². The number of carbonyl (C=O) groups excluding carboxylic acids is 1. The van der Waals surface area contributed by atoms with Crippen LogP contribution in [0.15, 0.2) is 0 Å². The smallest absolute Gasteiger partial charge is 0.221 e. The summed E-state index contributed by atoms with van der Waals surface area (Å²) in [4.78, 5) is 16.3. The van der Waals surface area contributed by atoms with Gasteiger partial charge in [0, 0.05) is 58.3 Å². The molecule has 0 aliphatic carbocycles. The van der Waals surface area contributed by atoms with Crippen molar-refractivity contribution in [3.63, 3.8) is 0 Å². The molecule has 2 atom stereocenters. The minimum absolute atomic E-state index is 0.0785. The second kappa shape index (κ2) is 7.71. The molecule has 0 aromatic carbocycles. The van der Waals surface area contributed by atoms with Crippen LogP contribution in [0.1, 0.15) is 26.7 Å². The molecule has 1 heterocycles. The summed E-state index contributed by atoms with van der Waals surface area (Å²) in [6, 6.07) is 0.839. The average molecular weight is 256 g/mol. The number of nitrogens with two attached hydrogens (primary N) is 1. The largest absolute Gasteiger partial charge is 0.359 e. The van der Waals surface area contributed by atoms with Gasteiger partial charge in [0.1, 0.15) is 0 Å². The first-order chi connectivity index (χ1) is 8.62. The lowest BCUT2D eigenvalue weighted by atomic mass is 10.1. The molecule has 1 amide bonds. The van der Waals surface area contributed by atoms with Gasteiger partial charge >= 0.3 is 0 Å². The summed E-state index contributed by atoms with van der Waals surface area (Å²) in [6.45, 7) is 9.26. The minimum Gasteiger partial charge on any atom is -0.359 e. The first-order valence-corrected chi connectivity index (χ1v) is 7.01. The first-order valence-electron chi connectivity index (χ1n) is 7.01. The molecule has 5 nitrogen and oxygen atoms in total. The topological polar surface area (TPSA) is 61.6 Å². The average Bonchev–Trinajstić information content (AvgIpc) is 2.43. The lowest BCUT2D eigenvalue weighted by molar-refractivity contribution is -0.122. The molecule has 0 spiro atoms. The predicted molar refractivity (Wildman–Crippen MR) is 74.4 cm³/mol. The third-order valence-corrected chi connectivity index (χ3v) is 4.05. The van der Waals surface area contributed by atoms with Crippen molar-refractivity contribution in [1.82, 2.24) is 15.1 Å². The van der Waals surface area contributed by atoms with E-state index in [9.17, 15) is 4.79 Å². The predicted octanol–water partition coefficient (Wildman–Crippen LogP) is -0.134. The summed E-state index contributed by atoms with van der Waals surface area (Å²) >= 11 is 0. The van der Waals surface area contributed by atoms with Gasteiger partial charge in [0.2, 0.25) is 5.91 Å². The van der Waals surface area contributed by atoms with Gasteiger partial charge < -0.3 is 11.1 Å². The first kappa shape index (κ1) is 15.4. The molecular weight excluding hydrogens is 228 g/mol. The highest BCUT2D eigenvalue weighted by atomic mass is 16.1. The molecule has 1 aliphatic heterocycles. The fourth-order valence-electron chi connectivity index (χ4n) is 2.48. The highest BCUT2D eigenvalue weighted by Gasteiger charge is 2.25. The molecule has 5 heteroatoms. The van der Waals surface area contributed by atoms with Gasteiger partial charge in [0.25, 0.3) is 0 Å². The molecular formula is C13H28N4O. The highest BCUT2D eigenvalue weighted by Crippen LogP contribution is 2.12. The Hall–Kier alpha value is -0.650. The maximum absolute atomic E-state index is 11.4. The van der Waals surface area contributed by atoms with Crippen LogP contribution in [0.3, 0.4) is 0 Å². The Balaban J connectivity index is 2.42. The Labute approximate surface area is 111 Å². The van der Waals surface area contributed by atoms with E-state index in [0.717, 1.165) is 26.2 Å². The molecule has 18 heavy (non-hydrogen) atoms. The summed E-state index contributed by atoms with van der Waals surface area (Å²) < 4.78 is 0. The number of hydrogen-bond donors (Lipinski definition) is 2. The van der Waals surface area contributed by atoms with Gasteiger partial charge in [0.15, 0.2) is 0 Å². The number of amides is 1. The summed E-state index contributed by atoms with van der Waals surface area (Å²) in [5.41, 5.74) is 5.79. The fourth-order valence-corrected chi connectivity index (χ4v) is 2.48. The molecule has 106 valence electrons. The summed E-state index contributed by atoms with van der Waals surface area (Å²) in [5.74, 6) is 0.0785. The Morgan fingerprint density at radius 2 is 1.83 bits per heavy atom. The van der Waals surface area contributed by atoms with Crippen molar-refractivity contribution >= 4 is 5.91 Å². The number of hydrogen-bond acceptors (Lipinski definition) is 4. The van der Waals surface area contributed by atoms with Gasteiger partial charge in [-0.25, -0.2) is 0 Å². The van der Waals surface area contributed by atoms with Gasteiger partial charge in [-0.2, -0.15) is 0 Å². The molecule has 0 radical (unpaired) electrons. The van der Waals surface area contributed by atoms with Crippen LogP contribution < -0.4 is 11.1 Å². The van der Waals surface area contributed by atoms with Crippen LogP contribution in [-0.2, 0) is 4.79 Å². The van der Waals surface area contributed by atoms with Crippen LogP contribution in [-0.4, -0.2) is 67.6 Å². The summed E-state index contributed by atoms with van der Waals surface area (Å²) in [5, 5.41) is 2.67. The van der Waals surface area contributed by atoms with Gasteiger partial charge in [-0.1, -0.05) is 6.92 Å². The molecule has 0 aromatic heterocycles.